The molecule has 0 spiro atoms. The van der Waals surface area contributed by atoms with Crippen molar-refractivity contribution in [2.75, 3.05) is 0 Å². The summed E-state index contributed by atoms with van der Waals surface area (Å²) in [4.78, 5) is 14.0. The fourth-order valence-corrected chi connectivity index (χ4v) is 1.87. The first kappa shape index (κ1) is 11.9. The first-order valence-electron chi connectivity index (χ1n) is 5.20. The maximum atomic E-state index is 12.2. The van der Waals surface area contributed by atoms with E-state index in [0.717, 1.165) is 0 Å². The quantitative estimate of drug-likeness (QED) is 0.590. The van der Waals surface area contributed by atoms with Crippen molar-refractivity contribution in [3.05, 3.63) is 35.4 Å². The Morgan fingerprint density at radius 3 is 2.59 bits per heavy atom. The number of hydrogen-bond donors (Lipinski definition) is 0. The Balaban J connectivity index is 2.26. The number of hydrogen-bond acceptors (Lipinski definition) is 2. The molecule has 0 amide bonds. The van der Waals surface area contributed by atoms with Gasteiger partial charge in [0.25, 0.3) is 0 Å². The highest BCUT2D eigenvalue weighted by molar-refractivity contribution is 5.42. The smallest absolute Gasteiger partial charge is 0.211 e. The van der Waals surface area contributed by atoms with Crippen molar-refractivity contribution < 1.29 is 18.0 Å². The molecule has 1 aromatic rings. The molecular weight excluding hydrogens is 231 g/mol. The van der Waals surface area contributed by atoms with E-state index in [1.165, 1.54) is 18.2 Å². The highest BCUT2D eigenvalue weighted by atomic mass is 19.4. The number of aliphatic imine (C=N–C) groups is 1. The minimum Gasteiger partial charge on any atom is -0.211 e. The molecule has 0 unspecified atom stereocenters. The molecule has 2 rings (SSSR count). The topological polar surface area (TPSA) is 29.4 Å². The lowest BCUT2D eigenvalue weighted by Gasteiger charge is -2.11. The first-order valence-corrected chi connectivity index (χ1v) is 5.20. The van der Waals surface area contributed by atoms with Crippen LogP contribution in [0.4, 0.5) is 13.2 Å². The van der Waals surface area contributed by atoms with Gasteiger partial charge in [0.2, 0.25) is 6.08 Å². The molecule has 2 nitrogen and oxygen atoms in total. The summed E-state index contributed by atoms with van der Waals surface area (Å²) >= 11 is 0. The molecule has 0 saturated heterocycles. The van der Waals surface area contributed by atoms with E-state index in [-0.39, 0.29) is 5.56 Å². The Morgan fingerprint density at radius 2 is 2.06 bits per heavy atom. The SMILES string of the molecule is O=C=NC1(c2cccc(CC(F)(F)F)c2)CC1. The van der Waals surface area contributed by atoms with Crippen LogP contribution >= 0.6 is 0 Å². The van der Waals surface area contributed by atoms with Crippen LogP contribution in [-0.4, -0.2) is 12.3 Å². The van der Waals surface area contributed by atoms with E-state index in [2.05, 4.69) is 4.99 Å². The number of alkyl halides is 3. The average Bonchev–Trinajstić information content (AvgIpc) is 2.97. The van der Waals surface area contributed by atoms with E-state index < -0.39 is 18.1 Å². The summed E-state index contributed by atoms with van der Waals surface area (Å²) in [7, 11) is 0. The van der Waals surface area contributed by atoms with Crippen molar-refractivity contribution in [1.82, 2.24) is 0 Å². The van der Waals surface area contributed by atoms with Crippen LogP contribution in [0.25, 0.3) is 0 Å². The van der Waals surface area contributed by atoms with Gasteiger partial charge in [0.1, 0.15) is 0 Å². The Bertz CT molecular complexity index is 471. The number of isocyanates is 1. The Morgan fingerprint density at radius 1 is 1.35 bits per heavy atom. The van der Waals surface area contributed by atoms with Crippen LogP contribution < -0.4 is 0 Å². The van der Waals surface area contributed by atoms with E-state index in [4.69, 9.17) is 0 Å². The third kappa shape index (κ3) is 2.74. The molecule has 0 radical (unpaired) electrons. The van der Waals surface area contributed by atoms with Gasteiger partial charge < -0.3 is 0 Å². The van der Waals surface area contributed by atoms with Crippen LogP contribution in [0.1, 0.15) is 24.0 Å². The summed E-state index contributed by atoms with van der Waals surface area (Å²) in [5.41, 5.74) is 0.258. The second kappa shape index (κ2) is 4.00. The van der Waals surface area contributed by atoms with Crippen molar-refractivity contribution in [3.63, 3.8) is 0 Å². The van der Waals surface area contributed by atoms with E-state index in [1.807, 2.05) is 0 Å². The molecule has 0 N–H and O–H groups in total. The van der Waals surface area contributed by atoms with Gasteiger partial charge in [-0.3, -0.25) is 0 Å². The average molecular weight is 241 g/mol. The Kier molecular flexibility index (Phi) is 2.79. The van der Waals surface area contributed by atoms with Crippen LogP contribution in [0, 0.1) is 0 Å². The monoisotopic (exact) mass is 241 g/mol. The van der Waals surface area contributed by atoms with Crippen LogP contribution in [0.2, 0.25) is 0 Å². The number of halogens is 3. The largest absolute Gasteiger partial charge is 0.393 e. The molecule has 1 saturated carbocycles. The number of benzene rings is 1. The molecule has 1 aliphatic carbocycles. The zero-order chi connectivity index (χ0) is 12.5. The van der Waals surface area contributed by atoms with Gasteiger partial charge >= 0.3 is 6.18 Å². The number of nitrogens with zero attached hydrogens (tertiary/aromatic N) is 1. The summed E-state index contributed by atoms with van der Waals surface area (Å²) in [6.07, 6.45) is -2.30. The first-order chi connectivity index (χ1) is 7.95. The summed E-state index contributed by atoms with van der Waals surface area (Å²) in [6, 6.07) is 6.17. The van der Waals surface area contributed by atoms with Crippen molar-refractivity contribution in [2.24, 2.45) is 4.99 Å². The Labute approximate surface area is 96.2 Å². The maximum absolute atomic E-state index is 12.2. The van der Waals surface area contributed by atoms with Gasteiger partial charge in [-0.05, 0) is 24.0 Å². The highest BCUT2D eigenvalue weighted by Gasteiger charge is 2.45. The van der Waals surface area contributed by atoms with Crippen molar-refractivity contribution >= 4 is 6.08 Å². The fraction of sp³-hybridized carbons (Fsp3) is 0.417. The van der Waals surface area contributed by atoms with Gasteiger partial charge in [-0.15, -0.1) is 0 Å². The van der Waals surface area contributed by atoms with Gasteiger partial charge in [-0.2, -0.15) is 18.2 Å². The molecule has 0 atom stereocenters. The predicted molar refractivity (Wildman–Crippen MR) is 55.2 cm³/mol. The fourth-order valence-electron chi connectivity index (χ4n) is 1.87. The van der Waals surface area contributed by atoms with E-state index >= 15 is 0 Å². The predicted octanol–water partition coefficient (Wildman–Crippen LogP) is 3.12. The number of rotatable bonds is 3. The second-order valence-corrected chi connectivity index (χ2v) is 4.23. The minimum atomic E-state index is -4.22. The summed E-state index contributed by atoms with van der Waals surface area (Å²) in [5.74, 6) is 0. The van der Waals surface area contributed by atoms with Crippen LogP contribution in [0.15, 0.2) is 29.3 Å². The van der Waals surface area contributed by atoms with Crippen LogP contribution in [0.5, 0.6) is 0 Å². The second-order valence-electron chi connectivity index (χ2n) is 4.23. The third-order valence-corrected chi connectivity index (χ3v) is 2.85. The van der Waals surface area contributed by atoms with Crippen LogP contribution in [0.3, 0.4) is 0 Å². The zero-order valence-electron chi connectivity index (χ0n) is 8.92. The van der Waals surface area contributed by atoms with Gasteiger partial charge in [-0.1, -0.05) is 24.3 Å². The van der Waals surface area contributed by atoms with Crippen molar-refractivity contribution in [2.45, 2.75) is 31.0 Å². The van der Waals surface area contributed by atoms with Gasteiger partial charge in [-0.25, -0.2) is 4.79 Å². The molecular formula is C12H10F3NO. The van der Waals surface area contributed by atoms with E-state index in [0.29, 0.717) is 18.4 Å². The third-order valence-electron chi connectivity index (χ3n) is 2.85. The lowest BCUT2D eigenvalue weighted by molar-refractivity contribution is -0.127. The molecule has 1 aliphatic rings. The normalized spacial score (nSPS) is 17.4. The molecule has 17 heavy (non-hydrogen) atoms. The standard InChI is InChI=1S/C12H10F3NO/c13-12(14,15)7-9-2-1-3-10(6-9)11(4-5-11)16-8-17/h1-3,6H,4-5,7H2. The summed E-state index contributed by atoms with van der Waals surface area (Å²) < 4.78 is 36.7. The Hall–Kier alpha value is -1.61. The van der Waals surface area contributed by atoms with Crippen molar-refractivity contribution in [1.29, 1.82) is 0 Å². The molecule has 0 aliphatic heterocycles. The van der Waals surface area contributed by atoms with Crippen LogP contribution in [-0.2, 0) is 16.8 Å². The summed E-state index contributed by atoms with van der Waals surface area (Å²) in [5, 5.41) is 0. The van der Waals surface area contributed by atoms with E-state index in [1.54, 1.807) is 12.1 Å². The molecule has 90 valence electrons. The zero-order valence-corrected chi connectivity index (χ0v) is 8.92. The van der Waals surface area contributed by atoms with Crippen molar-refractivity contribution in [3.8, 4) is 0 Å². The maximum Gasteiger partial charge on any atom is 0.393 e. The molecule has 1 fully saturated rings. The lowest BCUT2D eigenvalue weighted by atomic mass is 10.0. The molecule has 0 heterocycles. The number of carbonyl (C=O) groups excluding carboxylic acids is 1. The summed E-state index contributed by atoms with van der Waals surface area (Å²) in [6.45, 7) is 0. The molecule has 1 aromatic carbocycles. The molecule has 0 bridgehead atoms. The minimum absolute atomic E-state index is 0.197. The van der Waals surface area contributed by atoms with E-state index in [9.17, 15) is 18.0 Å². The molecule has 5 heteroatoms. The van der Waals surface area contributed by atoms with Gasteiger partial charge in [0.15, 0.2) is 0 Å². The highest BCUT2D eigenvalue weighted by Crippen LogP contribution is 2.49. The van der Waals surface area contributed by atoms with Gasteiger partial charge in [0, 0.05) is 0 Å². The molecule has 0 aromatic heterocycles. The van der Waals surface area contributed by atoms with Gasteiger partial charge in [0.05, 0.1) is 12.0 Å². The lowest BCUT2D eigenvalue weighted by Crippen LogP contribution is -2.12.